The molecule has 0 saturated carbocycles. The highest BCUT2D eigenvalue weighted by Crippen LogP contribution is 2.27. The number of halogens is 4. The van der Waals surface area contributed by atoms with Crippen molar-refractivity contribution in [1.82, 2.24) is 19.5 Å². The highest BCUT2D eigenvalue weighted by Gasteiger charge is 2.21. The van der Waals surface area contributed by atoms with Crippen molar-refractivity contribution in [2.75, 3.05) is 11.9 Å². The van der Waals surface area contributed by atoms with Crippen molar-refractivity contribution in [3.05, 3.63) is 47.6 Å². The van der Waals surface area contributed by atoms with Crippen molar-refractivity contribution in [2.24, 2.45) is 0 Å². The minimum atomic E-state index is -1.56. The van der Waals surface area contributed by atoms with Crippen LogP contribution in [0.25, 0.3) is 11.2 Å². The average Bonchev–Trinajstić information content (AvgIpc) is 2.92. The third-order valence-corrected chi connectivity index (χ3v) is 4.67. The Labute approximate surface area is 157 Å². The van der Waals surface area contributed by atoms with Crippen LogP contribution in [0, 0.1) is 23.5 Å². The minimum absolute atomic E-state index is 0.0269. The molecule has 1 aromatic carbocycles. The molecule has 0 spiro atoms. The summed E-state index contributed by atoms with van der Waals surface area (Å²) in [4.78, 5) is 11.7. The number of nitrogens with zero attached hydrogens (tertiary/aromatic N) is 4. The Hall–Kier alpha value is -2.75. The van der Waals surface area contributed by atoms with Gasteiger partial charge in [-0.25, -0.2) is 18.2 Å². The van der Waals surface area contributed by atoms with Crippen LogP contribution in [-0.2, 0) is 11.3 Å². The van der Waals surface area contributed by atoms with Gasteiger partial charge in [0.05, 0.1) is 6.33 Å². The molecule has 0 aliphatic carbocycles. The van der Waals surface area contributed by atoms with Gasteiger partial charge < -0.3 is 10.1 Å². The van der Waals surface area contributed by atoms with Gasteiger partial charge in [-0.1, -0.05) is 12.5 Å². The Bertz CT molecular complexity index is 1000. The molecular weight excluding hydrogens is 378 g/mol. The smallest absolute Gasteiger partial charge is 0.312 e. The van der Waals surface area contributed by atoms with Crippen molar-refractivity contribution in [1.29, 1.82) is 0 Å². The molecule has 28 heavy (non-hydrogen) atoms. The molecule has 1 N–H and O–H groups in total. The molecule has 0 radical (unpaired) electrons. The molecule has 2 aromatic heterocycles. The number of rotatable bonds is 4. The zero-order valence-electron chi connectivity index (χ0n) is 14.8. The largest absolute Gasteiger partial charge is 0.364 e. The van der Waals surface area contributed by atoms with Crippen LogP contribution in [0.1, 0.15) is 37.5 Å². The molecule has 1 fully saturated rings. The number of hydrogen-bond donors (Lipinski definition) is 1. The van der Waals surface area contributed by atoms with Crippen molar-refractivity contribution in [2.45, 2.75) is 38.5 Å². The van der Waals surface area contributed by atoms with Crippen LogP contribution in [0.2, 0.25) is 0 Å². The predicted octanol–water partition coefficient (Wildman–Crippen LogP) is 4.08. The minimum Gasteiger partial charge on any atom is -0.364 e. The monoisotopic (exact) mass is 395 g/mol. The molecule has 148 valence electrons. The fourth-order valence-corrected chi connectivity index (χ4v) is 3.23. The summed E-state index contributed by atoms with van der Waals surface area (Å²) in [5.74, 6) is -4.12. The maximum absolute atomic E-state index is 14.0. The molecule has 1 saturated heterocycles. The Morgan fingerprint density at radius 1 is 1.07 bits per heavy atom. The second-order valence-corrected chi connectivity index (χ2v) is 6.53. The number of benzene rings is 1. The number of ether oxygens (including phenoxy) is 1. The van der Waals surface area contributed by atoms with Crippen molar-refractivity contribution in [3.63, 3.8) is 0 Å². The van der Waals surface area contributed by atoms with Gasteiger partial charge in [-0.15, -0.1) is 0 Å². The number of imidazole rings is 1. The van der Waals surface area contributed by atoms with Gasteiger partial charge in [-0.2, -0.15) is 14.4 Å². The van der Waals surface area contributed by atoms with Crippen LogP contribution in [0.4, 0.5) is 23.4 Å². The number of anilines is 1. The second kappa shape index (κ2) is 7.70. The van der Waals surface area contributed by atoms with E-state index >= 15 is 0 Å². The van der Waals surface area contributed by atoms with E-state index in [9.17, 15) is 17.6 Å². The lowest BCUT2D eigenvalue weighted by Gasteiger charge is -2.17. The number of nitrogens with one attached hydrogen (secondary N) is 1. The molecule has 3 heterocycles. The standard InChI is InChI=1S/C18H17F4N5O/c19-11-6-5-10(13(20)14(11)21)8-23-16-15-17(26-18(22)25-16)27(9-24-15)12-4-2-1-3-7-28-12/h5-6,9,12H,1-4,7-8H2,(H,23,25,26). The third kappa shape index (κ3) is 3.51. The summed E-state index contributed by atoms with van der Waals surface area (Å²) in [5, 5.41) is 2.72. The molecule has 1 aliphatic rings. The first-order chi connectivity index (χ1) is 13.5. The Morgan fingerprint density at radius 3 is 2.79 bits per heavy atom. The second-order valence-electron chi connectivity index (χ2n) is 6.53. The molecule has 6 nitrogen and oxygen atoms in total. The predicted molar refractivity (Wildman–Crippen MR) is 92.4 cm³/mol. The van der Waals surface area contributed by atoms with Crippen LogP contribution in [0.3, 0.4) is 0 Å². The summed E-state index contributed by atoms with van der Waals surface area (Å²) in [7, 11) is 0. The van der Waals surface area contributed by atoms with Gasteiger partial charge in [0.15, 0.2) is 34.4 Å². The van der Waals surface area contributed by atoms with Gasteiger partial charge in [0.25, 0.3) is 0 Å². The number of aromatic nitrogens is 4. The Kier molecular flexibility index (Phi) is 5.12. The van der Waals surface area contributed by atoms with Crippen LogP contribution in [0.15, 0.2) is 18.5 Å². The van der Waals surface area contributed by atoms with E-state index in [4.69, 9.17) is 4.74 Å². The fraction of sp³-hybridized carbons (Fsp3) is 0.389. The first kappa shape index (κ1) is 18.6. The fourth-order valence-electron chi connectivity index (χ4n) is 3.23. The lowest BCUT2D eigenvalue weighted by Crippen LogP contribution is -2.13. The first-order valence-electron chi connectivity index (χ1n) is 8.92. The van der Waals surface area contributed by atoms with Crippen molar-refractivity contribution >= 4 is 17.0 Å². The van der Waals surface area contributed by atoms with Crippen molar-refractivity contribution < 1.29 is 22.3 Å². The molecule has 0 bridgehead atoms. The van der Waals surface area contributed by atoms with E-state index < -0.39 is 23.5 Å². The highest BCUT2D eigenvalue weighted by atomic mass is 19.2. The zero-order valence-corrected chi connectivity index (χ0v) is 14.8. The van der Waals surface area contributed by atoms with E-state index in [0.717, 1.165) is 37.8 Å². The summed E-state index contributed by atoms with van der Waals surface area (Å²) >= 11 is 0. The topological polar surface area (TPSA) is 64.9 Å². The van der Waals surface area contributed by atoms with Crippen LogP contribution >= 0.6 is 0 Å². The van der Waals surface area contributed by atoms with Gasteiger partial charge in [0.2, 0.25) is 0 Å². The highest BCUT2D eigenvalue weighted by molar-refractivity contribution is 5.82. The van der Waals surface area contributed by atoms with Crippen molar-refractivity contribution in [3.8, 4) is 0 Å². The van der Waals surface area contributed by atoms with E-state index in [1.54, 1.807) is 4.57 Å². The molecular formula is C18H17F4N5O. The normalized spacial score (nSPS) is 17.6. The number of hydrogen-bond acceptors (Lipinski definition) is 5. The molecule has 3 aromatic rings. The SMILES string of the molecule is Fc1nc(NCc2ccc(F)c(F)c2F)c2ncn(C3CCCCCO3)c2n1. The zero-order chi connectivity index (χ0) is 19.7. The van der Waals surface area contributed by atoms with E-state index in [0.29, 0.717) is 6.61 Å². The summed E-state index contributed by atoms with van der Waals surface area (Å²) in [5.41, 5.74) is 0.391. The average molecular weight is 395 g/mol. The summed E-state index contributed by atoms with van der Waals surface area (Å²) in [6, 6.07) is 1.93. The maximum Gasteiger partial charge on any atom is 0.312 e. The maximum atomic E-state index is 14.0. The number of fused-ring (bicyclic) bond motifs is 1. The third-order valence-electron chi connectivity index (χ3n) is 4.67. The molecule has 1 atom stereocenters. The van der Waals surface area contributed by atoms with Gasteiger partial charge in [-0.3, -0.25) is 4.57 Å². The van der Waals surface area contributed by atoms with Gasteiger partial charge in [0.1, 0.15) is 6.23 Å². The van der Waals surface area contributed by atoms with E-state index in [2.05, 4.69) is 20.3 Å². The van der Waals surface area contributed by atoms with Gasteiger partial charge >= 0.3 is 6.08 Å². The van der Waals surface area contributed by atoms with E-state index in [1.807, 2.05) is 0 Å². The Balaban J connectivity index is 1.64. The Morgan fingerprint density at radius 2 is 1.93 bits per heavy atom. The quantitative estimate of drug-likeness (QED) is 0.410. The van der Waals surface area contributed by atoms with Crippen LogP contribution in [-0.4, -0.2) is 26.1 Å². The van der Waals surface area contributed by atoms with Crippen LogP contribution in [0.5, 0.6) is 0 Å². The van der Waals surface area contributed by atoms with Gasteiger partial charge in [0, 0.05) is 18.7 Å². The first-order valence-corrected chi connectivity index (χ1v) is 8.92. The van der Waals surface area contributed by atoms with E-state index in [-0.39, 0.29) is 35.3 Å². The molecule has 1 unspecified atom stereocenters. The summed E-state index contributed by atoms with van der Waals surface area (Å²) in [6.07, 6.45) is 3.93. The molecule has 10 heteroatoms. The molecule has 4 rings (SSSR count). The van der Waals surface area contributed by atoms with Crippen LogP contribution < -0.4 is 5.32 Å². The lowest BCUT2D eigenvalue weighted by atomic mass is 10.2. The van der Waals surface area contributed by atoms with Gasteiger partial charge in [-0.05, 0) is 25.3 Å². The molecule has 0 amide bonds. The molecule has 1 aliphatic heterocycles. The summed E-state index contributed by atoms with van der Waals surface area (Å²) < 4.78 is 61.7. The van der Waals surface area contributed by atoms with E-state index in [1.165, 1.54) is 6.33 Å². The lowest BCUT2D eigenvalue weighted by molar-refractivity contribution is 0.00928. The summed E-state index contributed by atoms with van der Waals surface area (Å²) in [6.45, 7) is 0.361.